The van der Waals surface area contributed by atoms with Gasteiger partial charge in [-0.1, -0.05) is 20.8 Å². The monoisotopic (exact) mass is 442 g/mol. The van der Waals surface area contributed by atoms with Crippen molar-refractivity contribution in [3.8, 4) is 0 Å². The molecule has 29 heavy (non-hydrogen) atoms. The molecule has 8 nitrogen and oxygen atoms in total. The van der Waals surface area contributed by atoms with Crippen LogP contribution in [-0.4, -0.2) is 37.6 Å². The molecule has 1 aliphatic heterocycles. The van der Waals surface area contributed by atoms with Gasteiger partial charge in [0.1, 0.15) is 0 Å². The van der Waals surface area contributed by atoms with Crippen molar-refractivity contribution >= 4 is 33.4 Å². The Bertz CT molecular complexity index is 881. The number of amides is 2. The van der Waals surface area contributed by atoms with E-state index < -0.39 is 10.2 Å². The van der Waals surface area contributed by atoms with Crippen LogP contribution in [-0.2, 0) is 27.8 Å². The minimum absolute atomic E-state index is 0.206. The van der Waals surface area contributed by atoms with Crippen molar-refractivity contribution in [1.82, 2.24) is 15.2 Å². The molecule has 0 bridgehead atoms. The molecule has 1 atom stereocenters. The van der Waals surface area contributed by atoms with E-state index in [0.717, 1.165) is 23.6 Å². The molecular weight excluding hydrogens is 412 g/mol. The zero-order valence-corrected chi connectivity index (χ0v) is 18.8. The Morgan fingerprint density at radius 2 is 1.83 bits per heavy atom. The number of hydrogen-bond donors (Lipinski definition) is 3. The molecule has 0 saturated carbocycles. The van der Waals surface area contributed by atoms with Crippen molar-refractivity contribution in [3.05, 3.63) is 21.4 Å². The van der Waals surface area contributed by atoms with Gasteiger partial charge in [0.25, 0.3) is 16.1 Å². The molecule has 1 unspecified atom stereocenters. The predicted octanol–water partition coefficient (Wildman–Crippen LogP) is 1.58. The molecule has 1 fully saturated rings. The standard InChI is InChI=1S/C19H30N4O4S2/c1-19(2,3)14-4-5-15-13(10-14)11-16(28-15)18(25)22-21-17(24)12-6-8-23(9-7-12)29(20,26)27/h11-12,14H,4-10H2,1-3H3,(H,21,24)(H,22,25)(H2,20,26,27). The van der Waals surface area contributed by atoms with Crippen LogP contribution in [0.3, 0.4) is 0 Å². The second-order valence-corrected chi connectivity index (χ2v) is 11.7. The summed E-state index contributed by atoms with van der Waals surface area (Å²) in [6.45, 7) is 7.18. The lowest BCUT2D eigenvalue weighted by Gasteiger charge is -2.33. The third kappa shape index (κ3) is 5.36. The minimum atomic E-state index is -3.72. The van der Waals surface area contributed by atoms with Crippen LogP contribution in [0.5, 0.6) is 0 Å². The lowest BCUT2D eigenvalue weighted by atomic mass is 9.72. The fraction of sp³-hybridized carbons (Fsp3) is 0.684. The number of hydrogen-bond acceptors (Lipinski definition) is 5. The molecule has 1 saturated heterocycles. The third-order valence-corrected chi connectivity index (χ3v) is 8.34. The second-order valence-electron chi connectivity index (χ2n) is 9.03. The molecule has 10 heteroatoms. The molecule has 3 rings (SSSR count). The van der Waals surface area contributed by atoms with Gasteiger partial charge < -0.3 is 0 Å². The molecule has 0 spiro atoms. The largest absolute Gasteiger partial charge is 0.279 e. The highest BCUT2D eigenvalue weighted by molar-refractivity contribution is 7.86. The van der Waals surface area contributed by atoms with E-state index in [2.05, 4.69) is 31.6 Å². The first-order valence-corrected chi connectivity index (χ1v) is 12.3. The Hall–Kier alpha value is -1.49. The highest BCUT2D eigenvalue weighted by Crippen LogP contribution is 2.40. The summed E-state index contributed by atoms with van der Waals surface area (Å²) in [5, 5.41) is 5.11. The van der Waals surface area contributed by atoms with E-state index in [1.54, 1.807) is 0 Å². The second kappa shape index (κ2) is 8.33. The number of rotatable bonds is 3. The van der Waals surface area contributed by atoms with Gasteiger partial charge >= 0.3 is 0 Å². The fourth-order valence-electron chi connectivity index (χ4n) is 4.03. The Labute approximate surface area is 176 Å². The van der Waals surface area contributed by atoms with Crippen LogP contribution in [0.25, 0.3) is 0 Å². The summed E-state index contributed by atoms with van der Waals surface area (Å²) in [5.74, 6) is -0.366. The summed E-state index contributed by atoms with van der Waals surface area (Å²) in [4.78, 5) is 26.7. The first-order valence-electron chi connectivity index (χ1n) is 9.95. The number of hydrazine groups is 1. The van der Waals surface area contributed by atoms with Crippen LogP contribution in [0.4, 0.5) is 0 Å². The van der Waals surface area contributed by atoms with Crippen molar-refractivity contribution in [1.29, 1.82) is 0 Å². The minimum Gasteiger partial charge on any atom is -0.273 e. The first-order chi connectivity index (χ1) is 13.4. The lowest BCUT2D eigenvalue weighted by Crippen LogP contribution is -2.49. The predicted molar refractivity (Wildman–Crippen MR) is 112 cm³/mol. The smallest absolute Gasteiger partial charge is 0.273 e. The van der Waals surface area contributed by atoms with E-state index >= 15 is 0 Å². The van der Waals surface area contributed by atoms with Crippen LogP contribution in [0, 0.1) is 17.3 Å². The molecule has 1 aliphatic carbocycles. The number of carbonyl (C=O) groups excluding carboxylic acids is 2. The van der Waals surface area contributed by atoms with Crippen LogP contribution in [0.15, 0.2) is 6.07 Å². The van der Waals surface area contributed by atoms with Gasteiger partial charge in [-0.15, -0.1) is 11.3 Å². The average Bonchev–Trinajstić information content (AvgIpc) is 3.08. The van der Waals surface area contributed by atoms with E-state index in [-0.39, 0.29) is 36.2 Å². The topological polar surface area (TPSA) is 122 Å². The van der Waals surface area contributed by atoms with Crippen molar-refractivity contribution in [2.75, 3.05) is 13.1 Å². The number of fused-ring (bicyclic) bond motifs is 1. The fourth-order valence-corrected chi connectivity index (χ4v) is 5.85. The Balaban J connectivity index is 1.52. The molecule has 2 aliphatic rings. The molecule has 0 aromatic carbocycles. The Morgan fingerprint density at radius 3 is 2.41 bits per heavy atom. The van der Waals surface area contributed by atoms with Gasteiger partial charge in [-0.3, -0.25) is 20.4 Å². The number of nitrogens with zero attached hydrogens (tertiary/aromatic N) is 1. The summed E-state index contributed by atoms with van der Waals surface area (Å²) in [6, 6.07) is 1.95. The molecule has 0 radical (unpaired) electrons. The lowest BCUT2D eigenvalue weighted by molar-refractivity contribution is -0.126. The van der Waals surface area contributed by atoms with Crippen molar-refractivity contribution < 1.29 is 18.0 Å². The summed E-state index contributed by atoms with van der Waals surface area (Å²) in [7, 11) is -3.72. The van der Waals surface area contributed by atoms with E-state index in [9.17, 15) is 18.0 Å². The molecule has 1 aromatic rings. The van der Waals surface area contributed by atoms with E-state index in [1.807, 2.05) is 6.07 Å². The van der Waals surface area contributed by atoms with Gasteiger partial charge in [0.2, 0.25) is 5.91 Å². The van der Waals surface area contributed by atoms with E-state index in [4.69, 9.17) is 5.14 Å². The molecule has 4 N–H and O–H groups in total. The van der Waals surface area contributed by atoms with E-state index in [0.29, 0.717) is 23.6 Å². The third-order valence-electron chi connectivity index (χ3n) is 6.02. The molecular formula is C19H30N4O4S2. The summed E-state index contributed by atoms with van der Waals surface area (Å²) in [5.41, 5.74) is 6.48. The molecule has 1 aromatic heterocycles. The molecule has 2 heterocycles. The van der Waals surface area contributed by atoms with Gasteiger partial charge in [-0.05, 0) is 55.1 Å². The Kier molecular flexibility index (Phi) is 6.38. The number of piperidine rings is 1. The maximum absolute atomic E-state index is 12.5. The van der Waals surface area contributed by atoms with Crippen LogP contribution >= 0.6 is 11.3 Å². The van der Waals surface area contributed by atoms with Crippen LogP contribution in [0.1, 0.15) is 60.1 Å². The summed E-state index contributed by atoms with van der Waals surface area (Å²) in [6.07, 6.45) is 3.85. The van der Waals surface area contributed by atoms with Crippen LogP contribution in [0.2, 0.25) is 0 Å². The van der Waals surface area contributed by atoms with Gasteiger partial charge in [-0.2, -0.15) is 12.7 Å². The van der Waals surface area contributed by atoms with Crippen molar-refractivity contribution in [3.63, 3.8) is 0 Å². The Morgan fingerprint density at radius 1 is 1.17 bits per heavy atom. The average molecular weight is 443 g/mol. The van der Waals surface area contributed by atoms with Gasteiger partial charge in [0, 0.05) is 23.9 Å². The highest BCUT2D eigenvalue weighted by atomic mass is 32.2. The normalized spacial score (nSPS) is 21.4. The van der Waals surface area contributed by atoms with E-state index in [1.165, 1.54) is 21.8 Å². The van der Waals surface area contributed by atoms with Gasteiger partial charge in [0.05, 0.1) is 4.88 Å². The number of aryl methyl sites for hydroxylation is 1. The summed E-state index contributed by atoms with van der Waals surface area (Å²) >= 11 is 1.50. The van der Waals surface area contributed by atoms with Crippen molar-refractivity contribution in [2.24, 2.45) is 22.4 Å². The zero-order chi connectivity index (χ0) is 21.4. The first kappa shape index (κ1) is 22.2. The SMILES string of the molecule is CC(C)(C)C1CCc2sc(C(=O)NNC(=O)C3CCN(S(N)(=O)=O)CC3)cc2C1. The number of nitrogens with two attached hydrogens (primary N) is 1. The van der Waals surface area contributed by atoms with Gasteiger partial charge in [0.15, 0.2) is 0 Å². The van der Waals surface area contributed by atoms with Crippen molar-refractivity contribution in [2.45, 2.75) is 52.9 Å². The maximum atomic E-state index is 12.5. The summed E-state index contributed by atoms with van der Waals surface area (Å²) < 4.78 is 23.8. The number of carbonyl (C=O) groups is 2. The zero-order valence-electron chi connectivity index (χ0n) is 17.2. The number of thiophene rings is 1. The maximum Gasteiger partial charge on any atom is 0.279 e. The highest BCUT2D eigenvalue weighted by Gasteiger charge is 2.31. The number of nitrogens with one attached hydrogen (secondary N) is 2. The quantitative estimate of drug-likeness (QED) is 0.615. The molecule has 162 valence electrons. The van der Waals surface area contributed by atoms with Crippen LogP contribution < -0.4 is 16.0 Å². The molecule has 2 amide bonds. The van der Waals surface area contributed by atoms with Gasteiger partial charge in [-0.25, -0.2) is 5.14 Å².